The zero-order valence-corrected chi connectivity index (χ0v) is 13.6. The Morgan fingerprint density at radius 3 is 2.50 bits per heavy atom. The predicted octanol–water partition coefficient (Wildman–Crippen LogP) is 3.64. The second-order valence-corrected chi connectivity index (χ2v) is 12.2. The number of ether oxygens (including phenoxy) is 1. The molecule has 18 heavy (non-hydrogen) atoms. The maximum absolute atomic E-state index is 5.64. The third kappa shape index (κ3) is 4.14. The van der Waals surface area contributed by atoms with Gasteiger partial charge in [-0.15, -0.1) is 0 Å². The third-order valence-corrected chi connectivity index (χ3v) is 6.63. The summed E-state index contributed by atoms with van der Waals surface area (Å²) in [6.45, 7) is 8.16. The molecule has 1 saturated heterocycles. The molecule has 0 saturated carbocycles. The van der Waals surface area contributed by atoms with Crippen molar-refractivity contribution in [2.24, 2.45) is 0 Å². The molecule has 1 aliphatic heterocycles. The lowest BCUT2D eigenvalue weighted by Crippen LogP contribution is -2.37. The Hall–Kier alpha value is -0.253. The van der Waals surface area contributed by atoms with Crippen LogP contribution in [-0.2, 0) is 10.5 Å². The highest BCUT2D eigenvalue weighted by Crippen LogP contribution is 2.20. The largest absolute Gasteiger partial charge is 0.377 e. The van der Waals surface area contributed by atoms with Gasteiger partial charge in [-0.1, -0.05) is 49.1 Å². The maximum Gasteiger partial charge on any atom is 0.0775 e. The molecule has 0 N–H and O–H groups in total. The quantitative estimate of drug-likeness (QED) is 0.762. The zero-order valence-electron chi connectivity index (χ0n) is 11.7. The van der Waals surface area contributed by atoms with Crippen LogP contribution in [0.15, 0.2) is 24.3 Å². The average molecular weight is 281 g/mol. The zero-order chi connectivity index (χ0) is 13.0. The first-order valence-electron chi connectivity index (χ1n) is 6.84. The number of thioether (sulfide) groups is 1. The molecular formula is C15H24OSSi. The highest BCUT2D eigenvalue weighted by molar-refractivity contribution is 7.98. The van der Waals surface area contributed by atoms with Crippen LogP contribution in [0.5, 0.6) is 0 Å². The monoisotopic (exact) mass is 280 g/mol. The van der Waals surface area contributed by atoms with Crippen LogP contribution < -0.4 is 5.19 Å². The average Bonchev–Trinajstić information content (AvgIpc) is 2.82. The van der Waals surface area contributed by atoms with Crippen LogP contribution in [0.2, 0.25) is 19.6 Å². The van der Waals surface area contributed by atoms with Crippen LogP contribution in [0.1, 0.15) is 18.4 Å². The molecule has 1 fully saturated rings. The van der Waals surface area contributed by atoms with Gasteiger partial charge in [0, 0.05) is 18.1 Å². The lowest BCUT2D eigenvalue weighted by atomic mass is 10.2. The van der Waals surface area contributed by atoms with Gasteiger partial charge in [-0.3, -0.25) is 0 Å². The van der Waals surface area contributed by atoms with E-state index < -0.39 is 8.07 Å². The molecule has 0 aromatic heterocycles. The summed E-state index contributed by atoms with van der Waals surface area (Å²) in [5.41, 5.74) is 1.44. The van der Waals surface area contributed by atoms with Gasteiger partial charge in [-0.25, -0.2) is 0 Å². The summed E-state index contributed by atoms with van der Waals surface area (Å²) in [5, 5.41) is 1.55. The molecule has 0 amide bonds. The van der Waals surface area contributed by atoms with Crippen molar-refractivity contribution in [3.05, 3.63) is 29.8 Å². The Morgan fingerprint density at radius 1 is 1.22 bits per heavy atom. The van der Waals surface area contributed by atoms with Crippen molar-refractivity contribution in [3.63, 3.8) is 0 Å². The van der Waals surface area contributed by atoms with Crippen LogP contribution in [0.3, 0.4) is 0 Å². The predicted molar refractivity (Wildman–Crippen MR) is 84.6 cm³/mol. The Bertz CT molecular complexity index is 363. The molecule has 0 aliphatic carbocycles. The standard InChI is InChI=1S/C15H24OSSi/c1-18(2,3)15-8-6-13(7-9-15)11-17-12-14-5-4-10-16-14/h6-9,14H,4-5,10-12H2,1-3H3. The van der Waals surface area contributed by atoms with E-state index in [0.29, 0.717) is 6.10 Å². The number of hydrogen-bond acceptors (Lipinski definition) is 2. The molecule has 1 aromatic rings. The van der Waals surface area contributed by atoms with Gasteiger partial charge in [-0.2, -0.15) is 11.8 Å². The highest BCUT2D eigenvalue weighted by Gasteiger charge is 2.16. The molecule has 1 atom stereocenters. The molecule has 1 aliphatic rings. The molecule has 2 rings (SSSR count). The van der Waals surface area contributed by atoms with Crippen molar-refractivity contribution in [1.82, 2.24) is 0 Å². The summed E-state index contributed by atoms with van der Waals surface area (Å²) < 4.78 is 5.64. The fraction of sp³-hybridized carbons (Fsp3) is 0.600. The number of benzene rings is 1. The summed E-state index contributed by atoms with van der Waals surface area (Å²) >= 11 is 2.00. The number of hydrogen-bond donors (Lipinski definition) is 0. The Morgan fingerprint density at radius 2 is 1.94 bits per heavy atom. The summed E-state index contributed by atoms with van der Waals surface area (Å²) in [6, 6.07) is 9.26. The normalized spacial score (nSPS) is 20.3. The van der Waals surface area contributed by atoms with Gasteiger partial charge in [0.2, 0.25) is 0 Å². The van der Waals surface area contributed by atoms with Crippen molar-refractivity contribution in [2.75, 3.05) is 12.4 Å². The summed E-state index contributed by atoms with van der Waals surface area (Å²) in [6.07, 6.45) is 3.01. The van der Waals surface area contributed by atoms with E-state index in [9.17, 15) is 0 Å². The van der Waals surface area contributed by atoms with Crippen LogP contribution >= 0.6 is 11.8 Å². The van der Waals surface area contributed by atoms with Crippen molar-refractivity contribution in [3.8, 4) is 0 Å². The van der Waals surface area contributed by atoms with Crippen molar-refractivity contribution >= 4 is 25.0 Å². The van der Waals surface area contributed by atoms with Gasteiger partial charge in [0.15, 0.2) is 0 Å². The van der Waals surface area contributed by atoms with E-state index in [-0.39, 0.29) is 0 Å². The second-order valence-electron chi connectivity index (χ2n) is 6.10. The number of rotatable bonds is 5. The van der Waals surface area contributed by atoms with Crippen molar-refractivity contribution < 1.29 is 4.74 Å². The summed E-state index contributed by atoms with van der Waals surface area (Å²) in [5.74, 6) is 2.27. The Kier molecular flexibility index (Phi) is 4.93. The first-order chi connectivity index (χ1) is 8.55. The SMILES string of the molecule is C[Si](C)(C)c1ccc(CSCC2CCCO2)cc1. The first kappa shape index (κ1) is 14.2. The molecule has 0 spiro atoms. The minimum Gasteiger partial charge on any atom is -0.377 e. The Balaban J connectivity index is 1.79. The van der Waals surface area contributed by atoms with Gasteiger partial charge in [0.05, 0.1) is 14.2 Å². The summed E-state index contributed by atoms with van der Waals surface area (Å²) in [4.78, 5) is 0. The molecule has 1 nitrogen and oxygen atoms in total. The molecule has 1 heterocycles. The van der Waals surface area contributed by atoms with E-state index in [4.69, 9.17) is 4.74 Å². The van der Waals surface area contributed by atoms with Gasteiger partial charge >= 0.3 is 0 Å². The molecule has 100 valence electrons. The fourth-order valence-electron chi connectivity index (χ4n) is 2.18. The van der Waals surface area contributed by atoms with E-state index in [2.05, 4.69) is 43.9 Å². The highest BCUT2D eigenvalue weighted by atomic mass is 32.2. The lowest BCUT2D eigenvalue weighted by molar-refractivity contribution is 0.129. The molecule has 0 radical (unpaired) electrons. The topological polar surface area (TPSA) is 9.23 Å². The van der Waals surface area contributed by atoms with Crippen molar-refractivity contribution in [1.29, 1.82) is 0 Å². The van der Waals surface area contributed by atoms with Crippen LogP contribution in [-0.4, -0.2) is 26.5 Å². The minimum absolute atomic E-state index is 0.510. The molecule has 3 heteroatoms. The van der Waals surface area contributed by atoms with E-state index in [0.717, 1.165) is 18.1 Å². The Labute approximate surface area is 116 Å². The van der Waals surface area contributed by atoms with Gasteiger partial charge < -0.3 is 4.74 Å². The van der Waals surface area contributed by atoms with Crippen LogP contribution in [0.4, 0.5) is 0 Å². The van der Waals surface area contributed by atoms with Crippen LogP contribution in [0.25, 0.3) is 0 Å². The van der Waals surface area contributed by atoms with Crippen LogP contribution in [0, 0.1) is 0 Å². The second kappa shape index (κ2) is 6.26. The van der Waals surface area contributed by atoms with Gasteiger partial charge in [0.1, 0.15) is 0 Å². The molecule has 1 aromatic carbocycles. The van der Waals surface area contributed by atoms with Crippen molar-refractivity contribution in [2.45, 2.75) is 44.3 Å². The maximum atomic E-state index is 5.64. The van der Waals surface area contributed by atoms with E-state index in [1.807, 2.05) is 11.8 Å². The van der Waals surface area contributed by atoms with E-state index >= 15 is 0 Å². The van der Waals surface area contributed by atoms with E-state index in [1.165, 1.54) is 18.4 Å². The molecule has 0 bridgehead atoms. The lowest BCUT2D eigenvalue weighted by Gasteiger charge is -2.16. The third-order valence-electron chi connectivity index (χ3n) is 3.42. The molecular weight excluding hydrogens is 256 g/mol. The minimum atomic E-state index is -1.14. The van der Waals surface area contributed by atoms with Gasteiger partial charge in [-0.05, 0) is 18.4 Å². The van der Waals surface area contributed by atoms with Gasteiger partial charge in [0.25, 0.3) is 0 Å². The summed E-state index contributed by atoms with van der Waals surface area (Å²) in [7, 11) is -1.14. The van der Waals surface area contributed by atoms with E-state index in [1.54, 1.807) is 5.19 Å². The first-order valence-corrected chi connectivity index (χ1v) is 11.5. The fourth-order valence-corrected chi connectivity index (χ4v) is 4.42. The smallest absolute Gasteiger partial charge is 0.0775 e. The molecule has 1 unspecified atom stereocenters.